The second-order valence-corrected chi connectivity index (χ2v) is 4.61. The number of benzene rings is 1. The largest absolute Gasteiger partial charge is 0.348 e. The molecule has 1 saturated heterocycles. The monoisotopic (exact) mass is 244 g/mol. The van der Waals surface area contributed by atoms with Crippen LogP contribution in [0.15, 0.2) is 42.0 Å². The number of allylic oxidation sites excluding steroid dienone is 1. The van der Waals surface area contributed by atoms with Gasteiger partial charge in [-0.05, 0) is 32.0 Å². The summed E-state index contributed by atoms with van der Waals surface area (Å²) in [6.07, 6.45) is 3.17. The van der Waals surface area contributed by atoms with Crippen LogP contribution in [0.1, 0.15) is 18.9 Å². The molecular weight excluding hydrogens is 224 g/mol. The lowest BCUT2D eigenvalue weighted by atomic mass is 10.1. The molecule has 1 aromatic rings. The number of nitrogens with zero attached hydrogens (tertiary/aromatic N) is 1. The van der Waals surface area contributed by atoms with Gasteiger partial charge in [0.2, 0.25) is 5.91 Å². The van der Waals surface area contributed by atoms with Crippen LogP contribution in [0, 0.1) is 0 Å². The Morgan fingerprint density at radius 3 is 2.61 bits per heavy atom. The van der Waals surface area contributed by atoms with Gasteiger partial charge in [-0.1, -0.05) is 36.4 Å². The Morgan fingerprint density at radius 2 is 2.06 bits per heavy atom. The van der Waals surface area contributed by atoms with Crippen molar-refractivity contribution >= 4 is 5.91 Å². The number of hydrogen-bond acceptors (Lipinski definition) is 2. The number of carbonyl (C=O) groups is 1. The Bertz CT molecular complexity index is 421. The third kappa shape index (κ3) is 3.44. The highest BCUT2D eigenvalue weighted by Gasteiger charge is 2.18. The van der Waals surface area contributed by atoms with Crippen molar-refractivity contribution in [3.63, 3.8) is 0 Å². The highest BCUT2D eigenvalue weighted by molar-refractivity contribution is 5.93. The van der Waals surface area contributed by atoms with Crippen molar-refractivity contribution in [2.24, 2.45) is 0 Å². The van der Waals surface area contributed by atoms with Gasteiger partial charge >= 0.3 is 0 Å². The third-order valence-electron chi connectivity index (χ3n) is 3.28. The first-order valence-electron chi connectivity index (χ1n) is 6.49. The van der Waals surface area contributed by atoms with E-state index in [1.54, 1.807) is 0 Å². The van der Waals surface area contributed by atoms with Gasteiger partial charge in [-0.25, -0.2) is 0 Å². The standard InChI is InChI=1S/C15H20N2O/c1-2-14(12-17-9-6-10-17)15(18)16-11-13-7-4-3-5-8-13/h2-5,7-8H,6,9-12H2,1H3,(H,16,18)/b14-2+. The van der Waals surface area contributed by atoms with Gasteiger partial charge in [0.1, 0.15) is 0 Å². The molecule has 1 amide bonds. The van der Waals surface area contributed by atoms with Crippen molar-refractivity contribution in [2.75, 3.05) is 19.6 Å². The maximum atomic E-state index is 12.0. The fraction of sp³-hybridized carbons (Fsp3) is 0.400. The summed E-state index contributed by atoms with van der Waals surface area (Å²) in [5, 5.41) is 2.97. The fourth-order valence-corrected chi connectivity index (χ4v) is 1.97. The van der Waals surface area contributed by atoms with E-state index in [1.807, 2.05) is 43.3 Å². The molecule has 1 N–H and O–H groups in total. The molecule has 1 aliphatic heterocycles. The molecule has 0 unspecified atom stereocenters. The lowest BCUT2D eigenvalue weighted by Crippen LogP contribution is -2.41. The van der Waals surface area contributed by atoms with Crippen LogP contribution in [0.2, 0.25) is 0 Å². The molecule has 0 aliphatic carbocycles. The Labute approximate surface area is 108 Å². The molecule has 0 aromatic heterocycles. The molecule has 0 radical (unpaired) electrons. The maximum Gasteiger partial charge on any atom is 0.248 e. The van der Waals surface area contributed by atoms with Gasteiger partial charge in [0.15, 0.2) is 0 Å². The van der Waals surface area contributed by atoms with Gasteiger partial charge < -0.3 is 5.32 Å². The van der Waals surface area contributed by atoms with Crippen LogP contribution in [0.25, 0.3) is 0 Å². The molecule has 3 nitrogen and oxygen atoms in total. The van der Waals surface area contributed by atoms with Crippen LogP contribution in [-0.2, 0) is 11.3 Å². The third-order valence-corrected chi connectivity index (χ3v) is 3.28. The summed E-state index contributed by atoms with van der Waals surface area (Å²) < 4.78 is 0. The Kier molecular flexibility index (Phi) is 4.53. The molecule has 0 bridgehead atoms. The zero-order chi connectivity index (χ0) is 12.8. The molecule has 1 fully saturated rings. The van der Waals surface area contributed by atoms with Crippen LogP contribution in [0.4, 0.5) is 0 Å². The summed E-state index contributed by atoms with van der Waals surface area (Å²) in [6.45, 7) is 5.53. The lowest BCUT2D eigenvalue weighted by Gasteiger charge is -2.31. The molecule has 18 heavy (non-hydrogen) atoms. The first kappa shape index (κ1) is 12.8. The summed E-state index contributed by atoms with van der Waals surface area (Å²) in [7, 11) is 0. The van der Waals surface area contributed by atoms with Crippen LogP contribution >= 0.6 is 0 Å². The van der Waals surface area contributed by atoms with Gasteiger partial charge in [0, 0.05) is 18.7 Å². The maximum absolute atomic E-state index is 12.0. The predicted molar refractivity (Wildman–Crippen MR) is 73.1 cm³/mol. The summed E-state index contributed by atoms with van der Waals surface area (Å²) in [5.41, 5.74) is 2.00. The summed E-state index contributed by atoms with van der Waals surface area (Å²) in [6, 6.07) is 9.99. The van der Waals surface area contributed by atoms with E-state index < -0.39 is 0 Å². The van der Waals surface area contributed by atoms with Crippen LogP contribution < -0.4 is 5.32 Å². The Balaban J connectivity index is 1.82. The summed E-state index contributed by atoms with van der Waals surface area (Å²) in [4.78, 5) is 14.3. The normalized spacial score (nSPS) is 16.2. The van der Waals surface area contributed by atoms with Gasteiger partial charge in [0.25, 0.3) is 0 Å². The molecule has 1 aliphatic rings. The number of amides is 1. The van der Waals surface area contributed by atoms with Gasteiger partial charge in [-0.15, -0.1) is 0 Å². The molecule has 1 aromatic carbocycles. The average molecular weight is 244 g/mol. The highest BCUT2D eigenvalue weighted by Crippen LogP contribution is 2.09. The molecule has 0 saturated carbocycles. The zero-order valence-corrected chi connectivity index (χ0v) is 10.9. The minimum atomic E-state index is 0.0493. The smallest absolute Gasteiger partial charge is 0.248 e. The minimum Gasteiger partial charge on any atom is -0.348 e. The van der Waals surface area contributed by atoms with Crippen molar-refractivity contribution < 1.29 is 4.79 Å². The molecule has 0 atom stereocenters. The highest BCUT2D eigenvalue weighted by atomic mass is 16.1. The number of likely N-dealkylation sites (tertiary alicyclic amines) is 1. The van der Waals surface area contributed by atoms with E-state index in [4.69, 9.17) is 0 Å². The van der Waals surface area contributed by atoms with Gasteiger partial charge in [-0.3, -0.25) is 9.69 Å². The van der Waals surface area contributed by atoms with Crippen molar-refractivity contribution in [1.29, 1.82) is 0 Å². The van der Waals surface area contributed by atoms with Crippen molar-refractivity contribution in [3.8, 4) is 0 Å². The first-order valence-corrected chi connectivity index (χ1v) is 6.49. The second-order valence-electron chi connectivity index (χ2n) is 4.61. The molecule has 1 heterocycles. The molecule has 96 valence electrons. The number of carbonyl (C=O) groups excluding carboxylic acids is 1. The number of hydrogen-bond donors (Lipinski definition) is 1. The lowest BCUT2D eigenvalue weighted by molar-refractivity contribution is -0.118. The van der Waals surface area contributed by atoms with E-state index in [9.17, 15) is 4.79 Å². The molecule has 2 rings (SSSR count). The van der Waals surface area contributed by atoms with E-state index in [0.717, 1.165) is 30.8 Å². The molecule has 0 spiro atoms. The number of rotatable bonds is 5. The Hall–Kier alpha value is -1.61. The van der Waals surface area contributed by atoms with Crippen molar-refractivity contribution in [1.82, 2.24) is 10.2 Å². The van der Waals surface area contributed by atoms with Crippen LogP contribution in [-0.4, -0.2) is 30.4 Å². The average Bonchev–Trinajstić information content (AvgIpc) is 2.36. The Morgan fingerprint density at radius 1 is 1.33 bits per heavy atom. The zero-order valence-electron chi connectivity index (χ0n) is 10.9. The first-order chi connectivity index (χ1) is 8.79. The van der Waals surface area contributed by atoms with E-state index in [1.165, 1.54) is 6.42 Å². The summed E-state index contributed by atoms with van der Waals surface area (Å²) in [5.74, 6) is 0.0493. The van der Waals surface area contributed by atoms with Crippen molar-refractivity contribution in [3.05, 3.63) is 47.5 Å². The van der Waals surface area contributed by atoms with Gasteiger partial charge in [0.05, 0.1) is 0 Å². The SMILES string of the molecule is C/C=C(\CN1CCC1)C(=O)NCc1ccccc1. The second kappa shape index (κ2) is 6.36. The number of nitrogens with one attached hydrogen (secondary N) is 1. The van der Waals surface area contributed by atoms with E-state index in [0.29, 0.717) is 6.54 Å². The van der Waals surface area contributed by atoms with Crippen LogP contribution in [0.5, 0.6) is 0 Å². The van der Waals surface area contributed by atoms with E-state index in [-0.39, 0.29) is 5.91 Å². The van der Waals surface area contributed by atoms with Gasteiger partial charge in [-0.2, -0.15) is 0 Å². The minimum absolute atomic E-state index is 0.0493. The van der Waals surface area contributed by atoms with E-state index >= 15 is 0 Å². The quantitative estimate of drug-likeness (QED) is 0.803. The predicted octanol–water partition coefficient (Wildman–Crippen LogP) is 1.95. The molecule has 3 heteroatoms. The topological polar surface area (TPSA) is 32.3 Å². The summed E-state index contributed by atoms with van der Waals surface area (Å²) >= 11 is 0. The fourth-order valence-electron chi connectivity index (χ4n) is 1.97. The van der Waals surface area contributed by atoms with Crippen molar-refractivity contribution in [2.45, 2.75) is 19.9 Å². The van der Waals surface area contributed by atoms with E-state index in [2.05, 4.69) is 10.2 Å². The van der Waals surface area contributed by atoms with Crippen LogP contribution in [0.3, 0.4) is 0 Å². The molecular formula is C15H20N2O.